The van der Waals surface area contributed by atoms with Crippen LogP contribution < -0.4 is 5.73 Å². The van der Waals surface area contributed by atoms with E-state index >= 15 is 0 Å². The maximum atomic E-state index is 12.5. The van der Waals surface area contributed by atoms with Gasteiger partial charge >= 0.3 is 0 Å². The molecule has 1 aliphatic carbocycles. The van der Waals surface area contributed by atoms with Crippen LogP contribution >= 0.6 is 0 Å². The number of hydrogen-bond acceptors (Lipinski definition) is 4. The lowest BCUT2D eigenvalue weighted by atomic mass is 10.3. The molecule has 6 nitrogen and oxygen atoms in total. The zero-order chi connectivity index (χ0) is 14.3. The molecule has 2 N–H and O–H groups in total. The quantitative estimate of drug-likeness (QED) is 0.924. The van der Waals surface area contributed by atoms with Crippen molar-refractivity contribution in [3.05, 3.63) is 35.5 Å². The molecule has 0 radical (unpaired) electrons. The number of rotatable bonds is 4. The minimum atomic E-state index is -0.0470. The standard InChI is InChI=1S/C14H18N4O2/c1-9-5-11(16-20-9)8-17(2)14(19)13-6-10(15)7-18(13)12-3-4-12/h5-7,12H,3-4,8,15H2,1-2H3. The number of hydrogen-bond donors (Lipinski definition) is 1. The van der Waals surface area contributed by atoms with Crippen LogP contribution in [0.15, 0.2) is 22.9 Å². The summed E-state index contributed by atoms with van der Waals surface area (Å²) in [5.74, 6) is 0.695. The van der Waals surface area contributed by atoms with Gasteiger partial charge in [-0.1, -0.05) is 5.16 Å². The molecule has 0 bridgehead atoms. The van der Waals surface area contributed by atoms with Crippen molar-refractivity contribution >= 4 is 11.6 Å². The fraction of sp³-hybridized carbons (Fsp3) is 0.429. The molecule has 1 fully saturated rings. The molecule has 2 aromatic rings. The van der Waals surface area contributed by atoms with Gasteiger partial charge in [0.2, 0.25) is 0 Å². The van der Waals surface area contributed by atoms with E-state index in [0.29, 0.717) is 24.0 Å². The number of carbonyl (C=O) groups is 1. The van der Waals surface area contributed by atoms with Crippen LogP contribution in [0.5, 0.6) is 0 Å². The second-order valence-electron chi connectivity index (χ2n) is 5.39. The molecule has 3 rings (SSSR count). The Balaban J connectivity index is 1.77. The van der Waals surface area contributed by atoms with Gasteiger partial charge in [0.25, 0.3) is 5.91 Å². The van der Waals surface area contributed by atoms with Crippen molar-refractivity contribution in [2.75, 3.05) is 12.8 Å². The highest BCUT2D eigenvalue weighted by molar-refractivity contribution is 5.93. The minimum absolute atomic E-state index is 0.0470. The molecule has 0 aromatic carbocycles. The Hall–Kier alpha value is -2.24. The molecule has 1 saturated carbocycles. The molecule has 2 heterocycles. The first kappa shape index (κ1) is 12.8. The van der Waals surface area contributed by atoms with Gasteiger partial charge in [0.15, 0.2) is 0 Å². The summed E-state index contributed by atoms with van der Waals surface area (Å²) in [6.45, 7) is 2.25. The van der Waals surface area contributed by atoms with Crippen molar-refractivity contribution in [3.63, 3.8) is 0 Å². The number of amides is 1. The largest absolute Gasteiger partial charge is 0.397 e. The van der Waals surface area contributed by atoms with Crippen molar-refractivity contribution in [1.82, 2.24) is 14.6 Å². The van der Waals surface area contributed by atoms with E-state index in [9.17, 15) is 4.79 Å². The Bertz CT molecular complexity index is 639. The summed E-state index contributed by atoms with van der Waals surface area (Å²) in [5, 5.41) is 3.91. The number of aromatic nitrogens is 2. The molecule has 0 atom stereocenters. The first-order valence-electron chi connectivity index (χ1n) is 6.69. The van der Waals surface area contributed by atoms with Crippen molar-refractivity contribution in [2.45, 2.75) is 32.4 Å². The van der Waals surface area contributed by atoms with Crippen LogP contribution in [0.1, 0.15) is 40.8 Å². The average molecular weight is 274 g/mol. The van der Waals surface area contributed by atoms with E-state index in [0.717, 1.165) is 24.3 Å². The average Bonchev–Trinajstić information content (AvgIpc) is 3.07. The van der Waals surface area contributed by atoms with Crippen LogP contribution in [0.3, 0.4) is 0 Å². The van der Waals surface area contributed by atoms with Gasteiger partial charge in [-0.15, -0.1) is 0 Å². The van der Waals surface area contributed by atoms with E-state index in [1.807, 2.05) is 23.8 Å². The van der Waals surface area contributed by atoms with Crippen LogP contribution in [0.4, 0.5) is 5.69 Å². The zero-order valence-corrected chi connectivity index (χ0v) is 11.7. The maximum absolute atomic E-state index is 12.5. The van der Waals surface area contributed by atoms with E-state index in [1.165, 1.54) is 0 Å². The van der Waals surface area contributed by atoms with Gasteiger partial charge in [0.1, 0.15) is 17.1 Å². The van der Waals surface area contributed by atoms with Gasteiger partial charge in [-0.2, -0.15) is 0 Å². The molecular weight excluding hydrogens is 256 g/mol. The minimum Gasteiger partial charge on any atom is -0.397 e. The summed E-state index contributed by atoms with van der Waals surface area (Å²) in [6, 6.07) is 4.00. The van der Waals surface area contributed by atoms with Crippen molar-refractivity contribution < 1.29 is 9.32 Å². The molecule has 1 amide bonds. The number of aryl methyl sites for hydroxylation is 1. The first-order chi connectivity index (χ1) is 9.54. The van der Waals surface area contributed by atoms with E-state index in [1.54, 1.807) is 18.0 Å². The number of nitrogens with zero attached hydrogens (tertiary/aromatic N) is 3. The third kappa shape index (κ3) is 2.41. The van der Waals surface area contributed by atoms with Crippen molar-refractivity contribution in [1.29, 1.82) is 0 Å². The normalized spacial score (nSPS) is 14.5. The number of nitrogen functional groups attached to an aromatic ring is 1. The summed E-state index contributed by atoms with van der Waals surface area (Å²) in [7, 11) is 1.76. The fourth-order valence-electron chi connectivity index (χ4n) is 2.33. The number of carbonyl (C=O) groups excluding carboxylic acids is 1. The van der Waals surface area contributed by atoms with Gasteiger partial charge in [0.05, 0.1) is 12.2 Å². The van der Waals surface area contributed by atoms with Crippen molar-refractivity contribution in [2.24, 2.45) is 0 Å². The van der Waals surface area contributed by atoms with Gasteiger partial charge in [-0.25, -0.2) is 0 Å². The Morgan fingerprint density at radius 2 is 2.30 bits per heavy atom. The summed E-state index contributed by atoms with van der Waals surface area (Å²) in [6.07, 6.45) is 4.07. The highest BCUT2D eigenvalue weighted by Gasteiger charge is 2.28. The van der Waals surface area contributed by atoms with Crippen LogP contribution in [-0.4, -0.2) is 27.6 Å². The smallest absolute Gasteiger partial charge is 0.270 e. The lowest BCUT2D eigenvalue weighted by molar-refractivity contribution is 0.0771. The molecule has 0 spiro atoms. The third-order valence-electron chi connectivity index (χ3n) is 3.45. The van der Waals surface area contributed by atoms with Gasteiger partial charge in [-0.05, 0) is 25.8 Å². The second-order valence-corrected chi connectivity index (χ2v) is 5.39. The summed E-state index contributed by atoms with van der Waals surface area (Å²) < 4.78 is 7.00. The first-order valence-corrected chi connectivity index (χ1v) is 6.69. The van der Waals surface area contributed by atoms with Crippen LogP contribution in [0.2, 0.25) is 0 Å². The molecular formula is C14H18N4O2. The Kier molecular flexibility index (Phi) is 3.00. The molecule has 20 heavy (non-hydrogen) atoms. The summed E-state index contributed by atoms with van der Waals surface area (Å²) in [4.78, 5) is 14.1. The highest BCUT2D eigenvalue weighted by atomic mass is 16.5. The van der Waals surface area contributed by atoms with Crippen LogP contribution in [0.25, 0.3) is 0 Å². The van der Waals surface area contributed by atoms with E-state index in [-0.39, 0.29) is 5.91 Å². The summed E-state index contributed by atoms with van der Waals surface area (Å²) in [5.41, 5.74) is 7.84. The molecule has 0 saturated heterocycles. The molecule has 6 heteroatoms. The van der Waals surface area contributed by atoms with Crippen LogP contribution in [-0.2, 0) is 6.54 Å². The predicted octanol–water partition coefficient (Wildman–Crippen LogP) is 1.97. The maximum Gasteiger partial charge on any atom is 0.270 e. The summed E-state index contributed by atoms with van der Waals surface area (Å²) >= 11 is 0. The SMILES string of the molecule is Cc1cc(CN(C)C(=O)c2cc(N)cn2C2CC2)no1. The van der Waals surface area contributed by atoms with E-state index < -0.39 is 0 Å². The highest BCUT2D eigenvalue weighted by Crippen LogP contribution is 2.37. The predicted molar refractivity (Wildman–Crippen MR) is 74.2 cm³/mol. The molecule has 2 aromatic heterocycles. The lowest BCUT2D eigenvalue weighted by Crippen LogP contribution is -2.28. The molecule has 0 unspecified atom stereocenters. The lowest BCUT2D eigenvalue weighted by Gasteiger charge is -2.16. The van der Waals surface area contributed by atoms with E-state index in [4.69, 9.17) is 10.3 Å². The number of anilines is 1. The second kappa shape index (κ2) is 4.70. The Labute approximate surface area is 117 Å². The van der Waals surface area contributed by atoms with Crippen molar-refractivity contribution in [3.8, 4) is 0 Å². The van der Waals surface area contributed by atoms with Crippen LogP contribution in [0, 0.1) is 6.92 Å². The third-order valence-corrected chi connectivity index (χ3v) is 3.45. The van der Waals surface area contributed by atoms with Gasteiger partial charge < -0.3 is 19.7 Å². The molecule has 1 aliphatic rings. The monoisotopic (exact) mass is 274 g/mol. The Morgan fingerprint density at radius 3 is 2.90 bits per heavy atom. The van der Waals surface area contributed by atoms with Gasteiger partial charge in [0, 0.05) is 25.4 Å². The fourth-order valence-corrected chi connectivity index (χ4v) is 2.33. The molecule has 106 valence electrons. The van der Waals surface area contributed by atoms with E-state index in [2.05, 4.69) is 5.16 Å². The Morgan fingerprint density at radius 1 is 1.55 bits per heavy atom. The van der Waals surface area contributed by atoms with Gasteiger partial charge in [-0.3, -0.25) is 4.79 Å². The molecule has 0 aliphatic heterocycles. The topological polar surface area (TPSA) is 77.3 Å². The zero-order valence-electron chi connectivity index (χ0n) is 11.7. The number of nitrogens with two attached hydrogens (primary N) is 1.